The number of hydrazone groups is 1. The van der Waals surface area contributed by atoms with Crippen LogP contribution in [-0.2, 0) is 10.8 Å². The summed E-state index contributed by atoms with van der Waals surface area (Å²) in [5, 5.41) is 6.13. The lowest BCUT2D eigenvalue weighted by atomic mass is 10.2. The van der Waals surface area contributed by atoms with Crippen LogP contribution in [0, 0.1) is 0 Å². The molecule has 0 aliphatic carbocycles. The van der Waals surface area contributed by atoms with Gasteiger partial charge in [-0.1, -0.05) is 23.2 Å². The minimum atomic E-state index is -1.26. The number of hydrogen-bond donors (Lipinski definition) is 0. The topological polar surface area (TPSA) is 41.9 Å². The molecule has 0 atom stereocenters. The molecule has 0 aromatic heterocycles. The molecule has 21 heavy (non-hydrogen) atoms. The van der Waals surface area contributed by atoms with Crippen molar-refractivity contribution in [2.45, 2.75) is 0 Å². The van der Waals surface area contributed by atoms with Crippen molar-refractivity contribution in [2.75, 3.05) is 20.2 Å². The minimum Gasteiger partial charge on any atom is -0.497 e. The van der Waals surface area contributed by atoms with Crippen LogP contribution < -0.4 is 4.74 Å². The third-order valence-electron chi connectivity index (χ3n) is 2.88. The fourth-order valence-electron chi connectivity index (χ4n) is 1.77. The first-order valence-corrected chi connectivity index (χ1v) is 8.13. The van der Waals surface area contributed by atoms with Crippen LogP contribution in [-0.4, -0.2) is 35.6 Å². The van der Waals surface area contributed by atoms with Crippen LogP contribution in [0.5, 0.6) is 5.75 Å². The van der Waals surface area contributed by atoms with Crippen LogP contribution in [0.15, 0.2) is 50.2 Å². The molecule has 0 radical (unpaired) electrons. The van der Waals surface area contributed by atoms with E-state index in [1.165, 1.54) is 11.1 Å². The summed E-state index contributed by atoms with van der Waals surface area (Å²) < 4.78 is 17.1. The molecule has 1 fully saturated rings. The van der Waals surface area contributed by atoms with Gasteiger partial charge in [-0.05, 0) is 29.8 Å². The average Bonchev–Trinajstić information content (AvgIpc) is 2.54. The first-order valence-electron chi connectivity index (χ1n) is 6.11. The summed E-state index contributed by atoms with van der Waals surface area (Å²) >= 11 is 11.4. The van der Waals surface area contributed by atoms with Gasteiger partial charge >= 0.3 is 0 Å². The van der Waals surface area contributed by atoms with Crippen molar-refractivity contribution < 1.29 is 8.95 Å². The SMILES string of the molecule is COc1ccc(/C=N/N2C/C(=C\Cl)S(=O)/C(=C/Cl)C2)cc1. The molecule has 1 saturated heterocycles. The predicted molar refractivity (Wildman–Crippen MR) is 88.2 cm³/mol. The van der Waals surface area contributed by atoms with E-state index in [4.69, 9.17) is 27.9 Å². The number of halogens is 2. The van der Waals surface area contributed by atoms with Gasteiger partial charge in [-0.25, -0.2) is 4.21 Å². The second-order valence-corrected chi connectivity index (χ2v) is 6.28. The normalized spacial score (nSPS) is 23.2. The zero-order valence-corrected chi connectivity index (χ0v) is 13.7. The maximum atomic E-state index is 12.0. The van der Waals surface area contributed by atoms with Crippen LogP contribution in [0.2, 0.25) is 0 Å². The zero-order chi connectivity index (χ0) is 15.2. The molecule has 0 unspecified atom stereocenters. The lowest BCUT2D eigenvalue weighted by Gasteiger charge is -2.26. The highest BCUT2D eigenvalue weighted by Crippen LogP contribution is 2.23. The molecule has 4 nitrogen and oxygen atoms in total. The van der Waals surface area contributed by atoms with E-state index < -0.39 is 10.8 Å². The van der Waals surface area contributed by atoms with Crippen molar-refractivity contribution >= 4 is 40.2 Å². The van der Waals surface area contributed by atoms with E-state index in [-0.39, 0.29) is 0 Å². The quantitative estimate of drug-likeness (QED) is 0.790. The van der Waals surface area contributed by atoms with Gasteiger partial charge in [0.1, 0.15) is 5.75 Å². The van der Waals surface area contributed by atoms with E-state index in [2.05, 4.69) is 5.10 Å². The third kappa shape index (κ3) is 4.09. The molecule has 2 rings (SSSR count). The number of ether oxygens (including phenoxy) is 1. The van der Waals surface area contributed by atoms with Crippen LogP contribution in [0.3, 0.4) is 0 Å². The van der Waals surface area contributed by atoms with Gasteiger partial charge in [0, 0.05) is 11.1 Å². The number of nitrogens with zero attached hydrogens (tertiary/aromatic N) is 2. The van der Waals surface area contributed by atoms with E-state index in [0.29, 0.717) is 22.9 Å². The Hall–Kier alpha value is -1.30. The molecule has 0 spiro atoms. The minimum absolute atomic E-state index is 0.414. The average molecular weight is 345 g/mol. The molecule has 112 valence electrons. The van der Waals surface area contributed by atoms with E-state index in [1.807, 2.05) is 24.3 Å². The first kappa shape index (κ1) is 16.1. The Labute approximate surface area is 136 Å². The van der Waals surface area contributed by atoms with Gasteiger partial charge in [-0.3, -0.25) is 5.01 Å². The lowest BCUT2D eigenvalue weighted by Crippen LogP contribution is -2.31. The van der Waals surface area contributed by atoms with Gasteiger partial charge in [-0.2, -0.15) is 5.10 Å². The van der Waals surface area contributed by atoms with Crippen molar-refractivity contribution in [3.05, 3.63) is 50.7 Å². The Morgan fingerprint density at radius 3 is 2.24 bits per heavy atom. The summed E-state index contributed by atoms with van der Waals surface area (Å²) in [5.41, 5.74) is 3.59. The van der Waals surface area contributed by atoms with Crippen molar-refractivity contribution in [3.63, 3.8) is 0 Å². The van der Waals surface area contributed by atoms with E-state index in [9.17, 15) is 4.21 Å². The second-order valence-electron chi connectivity index (χ2n) is 4.26. The van der Waals surface area contributed by atoms with E-state index in [1.54, 1.807) is 18.3 Å². The van der Waals surface area contributed by atoms with E-state index >= 15 is 0 Å². The van der Waals surface area contributed by atoms with Gasteiger partial charge in [0.15, 0.2) is 0 Å². The molecular formula is C14H14Cl2N2O2S. The van der Waals surface area contributed by atoms with Gasteiger partial charge in [0.05, 0.1) is 47.0 Å². The third-order valence-corrected chi connectivity index (χ3v) is 5.11. The molecule has 1 aromatic rings. The van der Waals surface area contributed by atoms with Gasteiger partial charge in [0.2, 0.25) is 0 Å². The monoisotopic (exact) mass is 344 g/mol. The van der Waals surface area contributed by atoms with Gasteiger partial charge < -0.3 is 4.74 Å². The largest absolute Gasteiger partial charge is 0.497 e. The fraction of sp³-hybridized carbons (Fsp3) is 0.214. The summed E-state index contributed by atoms with van der Waals surface area (Å²) in [5.74, 6) is 0.792. The van der Waals surface area contributed by atoms with Crippen LogP contribution in [0.25, 0.3) is 0 Å². The van der Waals surface area contributed by atoms with Crippen molar-refractivity contribution in [2.24, 2.45) is 5.10 Å². The summed E-state index contributed by atoms with van der Waals surface area (Å²) in [6, 6.07) is 7.53. The summed E-state index contributed by atoms with van der Waals surface area (Å²) in [4.78, 5) is 1.17. The Kier molecular flexibility index (Phi) is 5.85. The molecular weight excluding hydrogens is 331 g/mol. The molecule has 1 aliphatic rings. The first-order chi connectivity index (χ1) is 10.2. The van der Waals surface area contributed by atoms with Crippen molar-refractivity contribution in [1.29, 1.82) is 0 Å². The van der Waals surface area contributed by atoms with Crippen LogP contribution >= 0.6 is 23.2 Å². The maximum absolute atomic E-state index is 12.0. The Morgan fingerprint density at radius 1 is 1.19 bits per heavy atom. The zero-order valence-electron chi connectivity index (χ0n) is 11.3. The highest BCUT2D eigenvalue weighted by atomic mass is 35.5. The summed E-state index contributed by atoms with van der Waals surface area (Å²) in [6.07, 6.45) is 1.73. The number of methoxy groups -OCH3 is 1. The summed E-state index contributed by atoms with van der Waals surface area (Å²) in [7, 11) is 0.359. The molecule has 7 heteroatoms. The molecule has 1 aliphatic heterocycles. The Balaban J connectivity index is 2.11. The van der Waals surface area contributed by atoms with Gasteiger partial charge in [0.25, 0.3) is 0 Å². The van der Waals surface area contributed by atoms with Crippen LogP contribution in [0.1, 0.15) is 5.56 Å². The number of benzene rings is 1. The van der Waals surface area contributed by atoms with Crippen LogP contribution in [0.4, 0.5) is 0 Å². The lowest BCUT2D eigenvalue weighted by molar-refractivity contribution is 0.347. The Bertz CT molecular complexity index is 588. The molecule has 0 amide bonds. The molecule has 0 bridgehead atoms. The van der Waals surface area contributed by atoms with Crippen molar-refractivity contribution in [1.82, 2.24) is 5.01 Å². The molecule has 0 saturated carbocycles. The highest BCUT2D eigenvalue weighted by Gasteiger charge is 2.23. The second kappa shape index (κ2) is 7.64. The molecule has 0 N–H and O–H groups in total. The standard InChI is InChI=1S/C14H14Cl2N2O2S/c1-20-12-4-2-11(3-5-12)8-17-18-9-13(6-15)21(19)14(7-16)10-18/h2-8H,9-10H2,1H3/b13-6+,14-7+,17-8+. The van der Waals surface area contributed by atoms with E-state index in [0.717, 1.165) is 11.3 Å². The number of rotatable bonds is 3. The Morgan fingerprint density at radius 2 is 1.76 bits per heavy atom. The molecule has 1 aromatic carbocycles. The van der Waals surface area contributed by atoms with Crippen molar-refractivity contribution in [3.8, 4) is 5.75 Å². The number of hydrogen-bond acceptors (Lipinski definition) is 4. The maximum Gasteiger partial charge on any atom is 0.118 e. The summed E-state index contributed by atoms with van der Waals surface area (Å²) in [6.45, 7) is 0.827. The smallest absolute Gasteiger partial charge is 0.118 e. The highest BCUT2D eigenvalue weighted by molar-refractivity contribution is 7.93. The fourth-order valence-corrected chi connectivity index (χ4v) is 3.43. The predicted octanol–water partition coefficient (Wildman–Crippen LogP) is 3.25. The molecule has 1 heterocycles. The van der Waals surface area contributed by atoms with Gasteiger partial charge in [-0.15, -0.1) is 0 Å².